The van der Waals surface area contributed by atoms with E-state index in [1.165, 1.54) is 10.7 Å². The molecule has 1 amide bonds. The Hall–Kier alpha value is -3.78. The largest absolute Gasteiger partial charge is 0.377 e. The van der Waals surface area contributed by atoms with E-state index in [9.17, 15) is 9.59 Å². The van der Waals surface area contributed by atoms with Crippen molar-refractivity contribution in [3.63, 3.8) is 0 Å². The molecule has 0 bridgehead atoms. The van der Waals surface area contributed by atoms with Gasteiger partial charge in [0.15, 0.2) is 0 Å². The highest BCUT2D eigenvalue weighted by atomic mass is 16.5. The van der Waals surface area contributed by atoms with Crippen LogP contribution in [0.2, 0.25) is 0 Å². The number of hydrogen-bond donors (Lipinski definition) is 2. The van der Waals surface area contributed by atoms with Crippen LogP contribution in [0.15, 0.2) is 71.9 Å². The lowest BCUT2D eigenvalue weighted by Gasteiger charge is -2.21. The summed E-state index contributed by atoms with van der Waals surface area (Å²) in [5.74, 6) is -0.217. The van der Waals surface area contributed by atoms with Gasteiger partial charge in [-0.1, -0.05) is 6.07 Å². The first-order chi connectivity index (χ1) is 14.7. The van der Waals surface area contributed by atoms with E-state index in [-0.39, 0.29) is 17.5 Å². The standard InChI is InChI=1S/C22H19N5O3/c28-21-4-3-17(15-5-8-23-9-6-15)26-27(21)20-13-30-12-19(20)25-22(29)16-2-1-14-7-10-24-18(14)11-16/h1-11,19-20,24H,12-13H2,(H,25,29). The lowest BCUT2D eigenvalue weighted by molar-refractivity contribution is 0.0925. The van der Waals surface area contributed by atoms with Gasteiger partial charge in [-0.05, 0) is 41.8 Å². The van der Waals surface area contributed by atoms with Crippen LogP contribution in [0.25, 0.3) is 22.2 Å². The van der Waals surface area contributed by atoms with Crippen LogP contribution in [0.5, 0.6) is 0 Å². The lowest BCUT2D eigenvalue weighted by Crippen LogP contribution is -2.44. The van der Waals surface area contributed by atoms with Gasteiger partial charge in [-0.15, -0.1) is 0 Å². The predicted octanol–water partition coefficient (Wildman–Crippen LogP) is 2.16. The molecule has 2 atom stereocenters. The molecule has 4 heterocycles. The number of nitrogens with one attached hydrogen (secondary N) is 2. The van der Waals surface area contributed by atoms with E-state index in [1.807, 2.05) is 36.5 Å². The maximum atomic E-state index is 12.8. The van der Waals surface area contributed by atoms with E-state index in [1.54, 1.807) is 24.5 Å². The number of carbonyl (C=O) groups excluding carboxylic acids is 1. The fourth-order valence-electron chi connectivity index (χ4n) is 3.70. The Bertz CT molecular complexity index is 1260. The van der Waals surface area contributed by atoms with Gasteiger partial charge in [0, 0.05) is 41.3 Å². The molecule has 8 heteroatoms. The number of aromatic amines is 1. The predicted molar refractivity (Wildman–Crippen MR) is 111 cm³/mol. The van der Waals surface area contributed by atoms with Crippen LogP contribution in [0.4, 0.5) is 0 Å². The molecule has 1 saturated heterocycles. The molecule has 3 aromatic heterocycles. The quantitative estimate of drug-likeness (QED) is 0.546. The van der Waals surface area contributed by atoms with Gasteiger partial charge in [-0.25, -0.2) is 4.68 Å². The second-order valence-corrected chi connectivity index (χ2v) is 7.20. The molecule has 1 aliphatic rings. The van der Waals surface area contributed by atoms with Gasteiger partial charge < -0.3 is 15.0 Å². The molecular formula is C22H19N5O3. The lowest BCUT2D eigenvalue weighted by atomic mass is 10.1. The maximum Gasteiger partial charge on any atom is 0.267 e. The number of aromatic nitrogens is 4. The van der Waals surface area contributed by atoms with Gasteiger partial charge in [-0.2, -0.15) is 5.10 Å². The Labute approximate surface area is 171 Å². The molecule has 2 N–H and O–H groups in total. The summed E-state index contributed by atoms with van der Waals surface area (Å²) in [5, 5.41) is 8.57. The van der Waals surface area contributed by atoms with E-state index >= 15 is 0 Å². The second-order valence-electron chi connectivity index (χ2n) is 7.20. The summed E-state index contributed by atoms with van der Waals surface area (Å²) >= 11 is 0. The summed E-state index contributed by atoms with van der Waals surface area (Å²) in [6.07, 6.45) is 5.19. The van der Waals surface area contributed by atoms with E-state index in [0.29, 0.717) is 24.5 Å². The third kappa shape index (κ3) is 3.37. The molecule has 1 aliphatic heterocycles. The van der Waals surface area contributed by atoms with Crippen LogP contribution in [0.3, 0.4) is 0 Å². The van der Waals surface area contributed by atoms with Crippen molar-refractivity contribution in [2.45, 2.75) is 12.1 Å². The van der Waals surface area contributed by atoms with E-state index in [2.05, 4.69) is 20.4 Å². The van der Waals surface area contributed by atoms with Crippen molar-refractivity contribution in [3.8, 4) is 11.3 Å². The Morgan fingerprint density at radius 1 is 1.10 bits per heavy atom. The smallest absolute Gasteiger partial charge is 0.267 e. The van der Waals surface area contributed by atoms with Crippen molar-refractivity contribution in [2.75, 3.05) is 13.2 Å². The summed E-state index contributed by atoms with van der Waals surface area (Å²) in [6, 6.07) is 13.5. The maximum absolute atomic E-state index is 12.8. The average molecular weight is 401 g/mol. The minimum absolute atomic E-state index is 0.217. The molecule has 2 unspecified atom stereocenters. The van der Waals surface area contributed by atoms with Crippen LogP contribution in [-0.2, 0) is 4.74 Å². The topological polar surface area (TPSA) is 102 Å². The van der Waals surface area contributed by atoms with E-state index < -0.39 is 6.04 Å². The minimum atomic E-state index is -0.391. The Balaban J connectivity index is 1.41. The number of carbonyl (C=O) groups is 1. The highest BCUT2D eigenvalue weighted by Gasteiger charge is 2.33. The Morgan fingerprint density at radius 3 is 2.83 bits per heavy atom. The van der Waals surface area contributed by atoms with Crippen LogP contribution in [-0.4, -0.2) is 44.9 Å². The number of pyridine rings is 1. The number of amides is 1. The zero-order chi connectivity index (χ0) is 20.5. The molecule has 5 rings (SSSR count). The first-order valence-corrected chi connectivity index (χ1v) is 9.65. The van der Waals surface area contributed by atoms with Crippen molar-refractivity contribution in [1.82, 2.24) is 25.1 Å². The molecule has 4 aromatic rings. The molecule has 150 valence electrons. The fourth-order valence-corrected chi connectivity index (χ4v) is 3.70. The van der Waals surface area contributed by atoms with Gasteiger partial charge in [0.2, 0.25) is 0 Å². The van der Waals surface area contributed by atoms with Gasteiger partial charge >= 0.3 is 0 Å². The van der Waals surface area contributed by atoms with Crippen LogP contribution in [0, 0.1) is 0 Å². The number of benzene rings is 1. The van der Waals surface area contributed by atoms with Gasteiger partial charge in [0.05, 0.1) is 24.9 Å². The zero-order valence-electron chi connectivity index (χ0n) is 16.0. The highest BCUT2D eigenvalue weighted by molar-refractivity contribution is 5.98. The third-order valence-corrected chi connectivity index (χ3v) is 5.30. The number of nitrogens with zero attached hydrogens (tertiary/aromatic N) is 3. The summed E-state index contributed by atoms with van der Waals surface area (Å²) in [7, 11) is 0. The first kappa shape index (κ1) is 18.3. The van der Waals surface area contributed by atoms with E-state index in [4.69, 9.17) is 4.74 Å². The summed E-state index contributed by atoms with van der Waals surface area (Å²) < 4.78 is 6.99. The molecule has 30 heavy (non-hydrogen) atoms. The number of fused-ring (bicyclic) bond motifs is 1. The minimum Gasteiger partial charge on any atom is -0.377 e. The fraction of sp³-hybridized carbons (Fsp3) is 0.182. The summed E-state index contributed by atoms with van der Waals surface area (Å²) in [4.78, 5) is 32.5. The van der Waals surface area contributed by atoms with Gasteiger partial charge in [-0.3, -0.25) is 14.6 Å². The normalized spacial score (nSPS) is 18.5. The third-order valence-electron chi connectivity index (χ3n) is 5.30. The Morgan fingerprint density at radius 2 is 1.97 bits per heavy atom. The molecule has 1 fully saturated rings. The molecule has 0 aliphatic carbocycles. The van der Waals surface area contributed by atoms with Crippen LogP contribution < -0.4 is 10.9 Å². The van der Waals surface area contributed by atoms with Gasteiger partial charge in [0.1, 0.15) is 6.04 Å². The number of rotatable bonds is 4. The van der Waals surface area contributed by atoms with Crippen LogP contribution in [0.1, 0.15) is 16.4 Å². The highest BCUT2D eigenvalue weighted by Crippen LogP contribution is 2.21. The van der Waals surface area contributed by atoms with Crippen molar-refractivity contribution in [3.05, 3.63) is 83.0 Å². The monoisotopic (exact) mass is 401 g/mol. The summed E-state index contributed by atoms with van der Waals surface area (Å²) in [6.45, 7) is 0.613. The molecule has 0 radical (unpaired) electrons. The Kier molecular flexibility index (Phi) is 4.61. The average Bonchev–Trinajstić information content (AvgIpc) is 3.43. The molecule has 8 nitrogen and oxygen atoms in total. The van der Waals surface area contributed by atoms with Crippen molar-refractivity contribution in [1.29, 1.82) is 0 Å². The molecular weight excluding hydrogens is 382 g/mol. The van der Waals surface area contributed by atoms with Crippen molar-refractivity contribution >= 4 is 16.8 Å². The van der Waals surface area contributed by atoms with E-state index in [0.717, 1.165) is 16.5 Å². The molecule has 0 spiro atoms. The second kappa shape index (κ2) is 7.57. The van der Waals surface area contributed by atoms with Crippen LogP contribution >= 0.6 is 0 Å². The first-order valence-electron chi connectivity index (χ1n) is 9.65. The molecule has 0 saturated carbocycles. The van der Waals surface area contributed by atoms with Crippen molar-refractivity contribution < 1.29 is 9.53 Å². The number of ether oxygens (including phenoxy) is 1. The number of H-pyrrole nitrogens is 1. The molecule has 1 aromatic carbocycles. The SMILES string of the molecule is O=C(NC1COCC1n1nc(-c2ccncc2)ccc1=O)c1ccc2cc[nH]c2c1. The van der Waals surface area contributed by atoms with Gasteiger partial charge in [0.25, 0.3) is 11.5 Å². The van der Waals surface area contributed by atoms with Crippen molar-refractivity contribution in [2.24, 2.45) is 0 Å². The summed E-state index contributed by atoms with van der Waals surface area (Å²) in [5.41, 5.74) is 2.71. The number of hydrogen-bond acceptors (Lipinski definition) is 5. The zero-order valence-corrected chi connectivity index (χ0v) is 16.0.